The van der Waals surface area contributed by atoms with E-state index in [1.165, 1.54) is 5.56 Å². The van der Waals surface area contributed by atoms with Crippen molar-refractivity contribution in [2.24, 2.45) is 0 Å². The van der Waals surface area contributed by atoms with Crippen LogP contribution in [0.1, 0.15) is 30.2 Å². The molecule has 0 N–H and O–H groups in total. The highest BCUT2D eigenvalue weighted by molar-refractivity contribution is 5.54. The second kappa shape index (κ2) is 7.98. The molecule has 3 heterocycles. The van der Waals surface area contributed by atoms with Crippen LogP contribution in [-0.2, 0) is 19.5 Å². The van der Waals surface area contributed by atoms with Crippen LogP contribution in [0.25, 0.3) is 11.4 Å². The Labute approximate surface area is 158 Å². The first-order valence-electron chi connectivity index (χ1n) is 9.35. The van der Waals surface area contributed by atoms with Gasteiger partial charge in [-0.1, -0.05) is 41.9 Å². The lowest BCUT2D eigenvalue weighted by Crippen LogP contribution is -2.45. The van der Waals surface area contributed by atoms with E-state index in [1.54, 1.807) is 0 Å². The highest BCUT2D eigenvalue weighted by Crippen LogP contribution is 2.17. The van der Waals surface area contributed by atoms with Gasteiger partial charge in [0.2, 0.25) is 23.5 Å². The van der Waals surface area contributed by atoms with Gasteiger partial charge in [-0.2, -0.15) is 4.98 Å². The van der Waals surface area contributed by atoms with Crippen molar-refractivity contribution in [1.82, 2.24) is 30.1 Å². The molecule has 0 atom stereocenters. The van der Waals surface area contributed by atoms with Gasteiger partial charge < -0.3 is 8.94 Å². The van der Waals surface area contributed by atoms with Gasteiger partial charge in [-0.05, 0) is 6.92 Å². The van der Waals surface area contributed by atoms with E-state index in [0.29, 0.717) is 36.6 Å². The van der Waals surface area contributed by atoms with E-state index in [0.717, 1.165) is 38.2 Å². The minimum Gasteiger partial charge on any atom is -0.424 e. The lowest BCUT2D eigenvalue weighted by atomic mass is 10.1. The molecule has 0 spiro atoms. The van der Waals surface area contributed by atoms with Gasteiger partial charge in [0.25, 0.3) is 0 Å². The Bertz CT molecular complexity index is 864. The number of aryl methyl sites for hydroxylation is 2. The second-order valence-corrected chi connectivity index (χ2v) is 6.87. The maximum absolute atomic E-state index is 5.60. The second-order valence-electron chi connectivity index (χ2n) is 6.87. The number of hydrogen-bond acceptors (Lipinski definition) is 8. The van der Waals surface area contributed by atoms with Crippen LogP contribution in [0.15, 0.2) is 33.2 Å². The van der Waals surface area contributed by atoms with E-state index in [4.69, 9.17) is 8.94 Å². The van der Waals surface area contributed by atoms with Gasteiger partial charge in [0, 0.05) is 38.2 Å². The van der Waals surface area contributed by atoms with Crippen LogP contribution in [0.2, 0.25) is 0 Å². The van der Waals surface area contributed by atoms with E-state index in [1.807, 2.05) is 19.1 Å². The van der Waals surface area contributed by atoms with Crippen LogP contribution in [0.5, 0.6) is 0 Å². The van der Waals surface area contributed by atoms with Gasteiger partial charge in [-0.25, -0.2) is 0 Å². The van der Waals surface area contributed by atoms with Crippen LogP contribution < -0.4 is 0 Å². The summed E-state index contributed by atoms with van der Waals surface area (Å²) < 4.78 is 11.0. The van der Waals surface area contributed by atoms with Crippen LogP contribution in [0.4, 0.5) is 0 Å². The van der Waals surface area contributed by atoms with Crippen molar-refractivity contribution in [3.8, 4) is 11.4 Å². The fraction of sp³-hybridized carbons (Fsp3) is 0.474. The van der Waals surface area contributed by atoms with Crippen molar-refractivity contribution in [2.75, 3.05) is 26.2 Å². The minimum absolute atomic E-state index is 0.645. The number of aromatic nitrogens is 4. The molecular formula is C19H24N6O2. The number of benzene rings is 1. The molecule has 27 heavy (non-hydrogen) atoms. The molecule has 142 valence electrons. The molecule has 4 rings (SSSR count). The van der Waals surface area contributed by atoms with E-state index in [9.17, 15) is 0 Å². The molecule has 1 fully saturated rings. The molecule has 0 radical (unpaired) electrons. The van der Waals surface area contributed by atoms with Crippen LogP contribution >= 0.6 is 0 Å². The average molecular weight is 368 g/mol. The zero-order valence-corrected chi connectivity index (χ0v) is 15.8. The number of piperazine rings is 1. The molecule has 0 saturated carbocycles. The van der Waals surface area contributed by atoms with Crippen LogP contribution in [-0.4, -0.2) is 56.3 Å². The third-order valence-corrected chi connectivity index (χ3v) is 4.77. The smallest absolute Gasteiger partial charge is 0.241 e. The first-order chi connectivity index (χ1) is 13.2. The summed E-state index contributed by atoms with van der Waals surface area (Å²) in [5.74, 6) is 2.69. The van der Waals surface area contributed by atoms with Crippen molar-refractivity contribution < 1.29 is 8.94 Å². The SMILES string of the molecule is CCc1nnc(CN2CCN(Cc3nc(-c4ccc(C)cc4)no3)CC2)o1. The predicted octanol–water partition coefficient (Wildman–Crippen LogP) is 2.31. The largest absolute Gasteiger partial charge is 0.424 e. The minimum atomic E-state index is 0.645. The summed E-state index contributed by atoms with van der Waals surface area (Å²) >= 11 is 0. The molecule has 0 unspecified atom stereocenters. The summed E-state index contributed by atoms with van der Waals surface area (Å²) in [6, 6.07) is 8.14. The summed E-state index contributed by atoms with van der Waals surface area (Å²) in [4.78, 5) is 9.19. The fourth-order valence-electron chi connectivity index (χ4n) is 3.12. The molecule has 8 nitrogen and oxygen atoms in total. The van der Waals surface area contributed by atoms with E-state index >= 15 is 0 Å². The Morgan fingerprint density at radius 3 is 2.15 bits per heavy atom. The van der Waals surface area contributed by atoms with Crippen molar-refractivity contribution in [1.29, 1.82) is 0 Å². The summed E-state index contributed by atoms with van der Waals surface area (Å²) in [6.07, 6.45) is 0.773. The highest BCUT2D eigenvalue weighted by atomic mass is 16.5. The third-order valence-electron chi connectivity index (χ3n) is 4.77. The standard InChI is InChI=1S/C19H24N6O2/c1-3-16-21-22-18(26-16)13-25-10-8-24(9-11-25)12-17-20-19(23-27-17)15-6-4-14(2)5-7-15/h4-7H,3,8-13H2,1-2H3. The monoisotopic (exact) mass is 368 g/mol. The molecule has 0 bridgehead atoms. The Morgan fingerprint density at radius 2 is 1.52 bits per heavy atom. The quantitative estimate of drug-likeness (QED) is 0.655. The molecule has 1 aliphatic rings. The van der Waals surface area contributed by atoms with E-state index < -0.39 is 0 Å². The predicted molar refractivity (Wildman–Crippen MR) is 98.7 cm³/mol. The first kappa shape index (κ1) is 17.8. The van der Waals surface area contributed by atoms with Crippen molar-refractivity contribution in [3.63, 3.8) is 0 Å². The van der Waals surface area contributed by atoms with Gasteiger partial charge in [0.1, 0.15) is 0 Å². The molecule has 1 aliphatic heterocycles. The Kier molecular flexibility index (Phi) is 5.26. The third kappa shape index (κ3) is 4.40. The number of nitrogens with zero attached hydrogens (tertiary/aromatic N) is 6. The first-order valence-corrected chi connectivity index (χ1v) is 9.35. The van der Waals surface area contributed by atoms with Gasteiger partial charge in [-0.3, -0.25) is 9.80 Å². The maximum Gasteiger partial charge on any atom is 0.241 e. The van der Waals surface area contributed by atoms with Crippen LogP contribution in [0.3, 0.4) is 0 Å². The number of rotatable bonds is 6. The molecule has 2 aromatic heterocycles. The summed E-state index contributed by atoms with van der Waals surface area (Å²) in [5.41, 5.74) is 2.19. The lowest BCUT2D eigenvalue weighted by molar-refractivity contribution is 0.105. The number of hydrogen-bond donors (Lipinski definition) is 0. The zero-order valence-electron chi connectivity index (χ0n) is 15.8. The summed E-state index contributed by atoms with van der Waals surface area (Å²) in [7, 11) is 0. The summed E-state index contributed by atoms with van der Waals surface area (Å²) in [6.45, 7) is 9.23. The Morgan fingerprint density at radius 1 is 0.889 bits per heavy atom. The van der Waals surface area contributed by atoms with Gasteiger partial charge in [0.05, 0.1) is 13.1 Å². The normalized spacial score (nSPS) is 16.1. The zero-order chi connectivity index (χ0) is 18.6. The average Bonchev–Trinajstić information content (AvgIpc) is 3.33. The summed E-state index contributed by atoms with van der Waals surface area (Å²) in [5, 5.41) is 12.2. The highest BCUT2D eigenvalue weighted by Gasteiger charge is 2.21. The van der Waals surface area contributed by atoms with Crippen molar-refractivity contribution in [2.45, 2.75) is 33.4 Å². The fourth-order valence-corrected chi connectivity index (χ4v) is 3.12. The molecule has 0 aliphatic carbocycles. The Balaban J connectivity index is 1.28. The van der Waals surface area contributed by atoms with E-state index in [-0.39, 0.29) is 0 Å². The molecule has 1 aromatic carbocycles. The molecule has 0 amide bonds. The molecule has 8 heteroatoms. The van der Waals surface area contributed by atoms with Gasteiger partial charge in [-0.15, -0.1) is 10.2 Å². The molecule has 1 saturated heterocycles. The van der Waals surface area contributed by atoms with E-state index in [2.05, 4.69) is 49.2 Å². The molecule has 3 aromatic rings. The molecular weight excluding hydrogens is 344 g/mol. The van der Waals surface area contributed by atoms with Crippen molar-refractivity contribution >= 4 is 0 Å². The maximum atomic E-state index is 5.60. The topological polar surface area (TPSA) is 84.3 Å². The Hall–Kier alpha value is -2.58. The lowest BCUT2D eigenvalue weighted by Gasteiger charge is -2.32. The van der Waals surface area contributed by atoms with Gasteiger partial charge >= 0.3 is 0 Å². The van der Waals surface area contributed by atoms with Crippen molar-refractivity contribution in [3.05, 3.63) is 47.5 Å². The van der Waals surface area contributed by atoms with Gasteiger partial charge in [0.15, 0.2) is 0 Å². The van der Waals surface area contributed by atoms with Crippen LogP contribution in [0, 0.1) is 6.92 Å².